The van der Waals surface area contributed by atoms with Gasteiger partial charge in [0.15, 0.2) is 5.60 Å². The molecular formula is C11H14O3S. The Morgan fingerprint density at radius 1 is 1.47 bits per heavy atom. The summed E-state index contributed by atoms with van der Waals surface area (Å²) in [6.45, 7) is 4.89. The van der Waals surface area contributed by atoms with E-state index in [1.54, 1.807) is 12.1 Å². The van der Waals surface area contributed by atoms with E-state index in [0.717, 1.165) is 10.5 Å². The van der Waals surface area contributed by atoms with Crippen LogP contribution in [0.3, 0.4) is 0 Å². The van der Waals surface area contributed by atoms with Gasteiger partial charge in [0.05, 0.1) is 0 Å². The van der Waals surface area contributed by atoms with Crippen molar-refractivity contribution in [2.24, 2.45) is 0 Å². The van der Waals surface area contributed by atoms with E-state index in [1.165, 1.54) is 13.8 Å². The third-order valence-electron chi connectivity index (χ3n) is 2.04. The summed E-state index contributed by atoms with van der Waals surface area (Å²) >= 11 is 4.18. The number of hydrogen-bond acceptors (Lipinski definition) is 3. The Bertz CT molecular complexity index is 385. The summed E-state index contributed by atoms with van der Waals surface area (Å²) in [5, 5.41) is 8.91. The highest BCUT2D eigenvalue weighted by Gasteiger charge is 2.29. The van der Waals surface area contributed by atoms with Crippen LogP contribution in [0.5, 0.6) is 5.75 Å². The number of hydrogen-bond donors (Lipinski definition) is 2. The molecule has 0 aromatic heterocycles. The van der Waals surface area contributed by atoms with Crippen molar-refractivity contribution in [3.05, 3.63) is 23.8 Å². The SMILES string of the molecule is Cc1cc(S)ccc1OC(C)(C)C(=O)O. The van der Waals surface area contributed by atoms with Gasteiger partial charge in [-0.25, -0.2) is 4.79 Å². The monoisotopic (exact) mass is 226 g/mol. The van der Waals surface area contributed by atoms with E-state index in [2.05, 4.69) is 12.6 Å². The number of rotatable bonds is 3. The molecule has 15 heavy (non-hydrogen) atoms. The number of carboxylic acid groups (broad SMARTS) is 1. The Hall–Kier alpha value is -1.16. The second-order valence-electron chi connectivity index (χ2n) is 3.87. The highest BCUT2D eigenvalue weighted by atomic mass is 32.1. The van der Waals surface area contributed by atoms with Gasteiger partial charge in [-0.05, 0) is 44.5 Å². The predicted octanol–water partition coefficient (Wildman–Crippen LogP) is 2.53. The lowest BCUT2D eigenvalue weighted by Crippen LogP contribution is -2.38. The first-order valence-corrected chi connectivity index (χ1v) is 4.99. The molecule has 0 aliphatic heterocycles. The van der Waals surface area contributed by atoms with E-state index in [-0.39, 0.29) is 0 Å². The minimum Gasteiger partial charge on any atom is -0.478 e. The number of thiol groups is 1. The van der Waals surface area contributed by atoms with Crippen LogP contribution in [0, 0.1) is 6.92 Å². The topological polar surface area (TPSA) is 46.5 Å². The van der Waals surface area contributed by atoms with Gasteiger partial charge in [-0.15, -0.1) is 12.6 Å². The first-order valence-electron chi connectivity index (χ1n) is 4.55. The van der Waals surface area contributed by atoms with Crippen LogP contribution in [0.2, 0.25) is 0 Å². The maximum absolute atomic E-state index is 10.9. The van der Waals surface area contributed by atoms with Gasteiger partial charge in [0.25, 0.3) is 0 Å². The molecule has 1 aromatic rings. The molecule has 0 saturated carbocycles. The maximum Gasteiger partial charge on any atom is 0.347 e. The fraction of sp³-hybridized carbons (Fsp3) is 0.364. The number of carboxylic acids is 1. The summed E-state index contributed by atoms with van der Waals surface area (Å²) in [4.78, 5) is 11.7. The summed E-state index contributed by atoms with van der Waals surface area (Å²) in [5.74, 6) is -0.419. The molecule has 3 nitrogen and oxygen atoms in total. The van der Waals surface area contributed by atoms with Crippen LogP contribution < -0.4 is 4.74 Å². The molecule has 1 rings (SSSR count). The molecule has 82 valence electrons. The first-order chi connectivity index (χ1) is 6.83. The van der Waals surface area contributed by atoms with Gasteiger partial charge in [-0.2, -0.15) is 0 Å². The number of carbonyl (C=O) groups is 1. The van der Waals surface area contributed by atoms with Crippen LogP contribution in [0.15, 0.2) is 23.1 Å². The summed E-state index contributed by atoms with van der Waals surface area (Å²) in [6.07, 6.45) is 0. The van der Waals surface area contributed by atoms with Crippen LogP contribution in [0.1, 0.15) is 19.4 Å². The number of aryl methyl sites for hydroxylation is 1. The Kier molecular flexibility index (Phi) is 3.29. The van der Waals surface area contributed by atoms with Crippen LogP contribution in [0.25, 0.3) is 0 Å². The van der Waals surface area contributed by atoms with Crippen molar-refractivity contribution < 1.29 is 14.6 Å². The number of benzene rings is 1. The van der Waals surface area contributed by atoms with Crippen molar-refractivity contribution in [3.8, 4) is 5.75 Å². The van der Waals surface area contributed by atoms with Crippen LogP contribution in [-0.2, 0) is 4.79 Å². The van der Waals surface area contributed by atoms with Gasteiger partial charge in [-0.3, -0.25) is 0 Å². The van der Waals surface area contributed by atoms with E-state index >= 15 is 0 Å². The van der Waals surface area contributed by atoms with E-state index in [9.17, 15) is 4.79 Å². The summed E-state index contributed by atoms with van der Waals surface area (Å²) < 4.78 is 5.42. The van der Waals surface area contributed by atoms with Crippen molar-refractivity contribution >= 4 is 18.6 Å². The molecular weight excluding hydrogens is 212 g/mol. The Labute approximate surface area is 94.5 Å². The summed E-state index contributed by atoms with van der Waals surface area (Å²) in [6, 6.07) is 5.32. The fourth-order valence-corrected chi connectivity index (χ4v) is 1.33. The summed E-state index contributed by atoms with van der Waals surface area (Å²) in [5.41, 5.74) is -0.347. The maximum atomic E-state index is 10.9. The third-order valence-corrected chi connectivity index (χ3v) is 2.32. The van der Waals surface area contributed by atoms with Gasteiger partial charge in [0, 0.05) is 4.90 Å². The second-order valence-corrected chi connectivity index (χ2v) is 4.38. The molecule has 0 saturated heterocycles. The zero-order valence-corrected chi connectivity index (χ0v) is 9.84. The lowest BCUT2D eigenvalue weighted by Gasteiger charge is -2.22. The molecule has 0 amide bonds. The zero-order chi connectivity index (χ0) is 11.6. The van der Waals surface area contributed by atoms with Gasteiger partial charge < -0.3 is 9.84 Å². The molecule has 0 aliphatic rings. The van der Waals surface area contributed by atoms with E-state index in [0.29, 0.717) is 5.75 Å². The Balaban J connectivity index is 2.95. The summed E-state index contributed by atoms with van der Waals surface area (Å²) in [7, 11) is 0. The Morgan fingerprint density at radius 3 is 2.53 bits per heavy atom. The molecule has 0 heterocycles. The highest BCUT2D eigenvalue weighted by molar-refractivity contribution is 7.80. The Morgan fingerprint density at radius 2 is 2.07 bits per heavy atom. The molecule has 0 fully saturated rings. The molecule has 0 radical (unpaired) electrons. The molecule has 0 unspecified atom stereocenters. The van der Waals surface area contributed by atoms with Gasteiger partial charge in [0.1, 0.15) is 5.75 Å². The van der Waals surface area contributed by atoms with Crippen molar-refractivity contribution in [1.82, 2.24) is 0 Å². The van der Waals surface area contributed by atoms with E-state index in [1.807, 2.05) is 13.0 Å². The number of aliphatic carboxylic acids is 1. The first kappa shape index (κ1) is 11.9. The van der Waals surface area contributed by atoms with Gasteiger partial charge in [-0.1, -0.05) is 0 Å². The van der Waals surface area contributed by atoms with E-state index in [4.69, 9.17) is 9.84 Å². The highest BCUT2D eigenvalue weighted by Crippen LogP contribution is 2.25. The predicted molar refractivity (Wildman–Crippen MR) is 60.8 cm³/mol. The quantitative estimate of drug-likeness (QED) is 0.778. The van der Waals surface area contributed by atoms with Gasteiger partial charge >= 0.3 is 5.97 Å². The molecule has 4 heteroatoms. The third kappa shape index (κ3) is 2.89. The zero-order valence-electron chi connectivity index (χ0n) is 8.94. The normalized spacial score (nSPS) is 11.2. The van der Waals surface area contributed by atoms with Crippen molar-refractivity contribution in [2.75, 3.05) is 0 Å². The molecule has 0 atom stereocenters. The second kappa shape index (κ2) is 4.14. The minimum absolute atomic E-state index is 0.570. The lowest BCUT2D eigenvalue weighted by molar-refractivity contribution is -0.152. The van der Waals surface area contributed by atoms with Crippen LogP contribution in [0.4, 0.5) is 0 Å². The number of ether oxygens (including phenoxy) is 1. The molecule has 1 N–H and O–H groups in total. The van der Waals surface area contributed by atoms with Gasteiger partial charge in [0.2, 0.25) is 0 Å². The molecule has 1 aromatic carbocycles. The smallest absolute Gasteiger partial charge is 0.347 e. The van der Waals surface area contributed by atoms with E-state index < -0.39 is 11.6 Å². The van der Waals surface area contributed by atoms with Crippen LogP contribution >= 0.6 is 12.6 Å². The van der Waals surface area contributed by atoms with Crippen molar-refractivity contribution in [1.29, 1.82) is 0 Å². The lowest BCUT2D eigenvalue weighted by atomic mass is 10.1. The molecule has 0 spiro atoms. The fourth-order valence-electron chi connectivity index (χ4n) is 1.07. The minimum atomic E-state index is -1.22. The van der Waals surface area contributed by atoms with Crippen molar-refractivity contribution in [2.45, 2.75) is 31.3 Å². The standard InChI is InChI=1S/C11H14O3S/c1-7-6-8(15)4-5-9(7)14-11(2,3)10(12)13/h4-6,15H,1-3H3,(H,12,13). The average Bonchev–Trinajstić information content (AvgIpc) is 2.09. The molecule has 0 aliphatic carbocycles. The molecule has 0 bridgehead atoms. The van der Waals surface area contributed by atoms with Crippen LogP contribution in [-0.4, -0.2) is 16.7 Å². The average molecular weight is 226 g/mol. The largest absolute Gasteiger partial charge is 0.478 e. The van der Waals surface area contributed by atoms with Crippen molar-refractivity contribution in [3.63, 3.8) is 0 Å².